The van der Waals surface area contributed by atoms with Crippen molar-refractivity contribution >= 4 is 29.2 Å². The summed E-state index contributed by atoms with van der Waals surface area (Å²) >= 11 is 6.12. The number of rotatable bonds is 4. The molecule has 1 aliphatic carbocycles. The highest BCUT2D eigenvalue weighted by molar-refractivity contribution is 6.33. The van der Waals surface area contributed by atoms with Crippen LogP contribution in [-0.4, -0.2) is 19.0 Å². The largest absolute Gasteiger partial charge is 0.465 e. The average molecular weight is 344 g/mol. The zero-order valence-electron chi connectivity index (χ0n) is 13.3. The van der Waals surface area contributed by atoms with Crippen LogP contribution in [0.5, 0.6) is 0 Å². The van der Waals surface area contributed by atoms with Crippen molar-refractivity contribution in [2.75, 3.05) is 12.4 Å². The molecule has 0 fully saturated rings. The van der Waals surface area contributed by atoms with Gasteiger partial charge in [-0.05, 0) is 48.1 Å². The number of hydrogen-bond donors (Lipinski definition) is 1. The van der Waals surface area contributed by atoms with Crippen molar-refractivity contribution in [3.63, 3.8) is 0 Å². The monoisotopic (exact) mass is 343 g/mol. The molecular formula is C19H18ClNO3. The van der Waals surface area contributed by atoms with E-state index < -0.39 is 5.97 Å². The summed E-state index contributed by atoms with van der Waals surface area (Å²) in [4.78, 5) is 24.0. The summed E-state index contributed by atoms with van der Waals surface area (Å²) in [5.41, 5.74) is 3.35. The van der Waals surface area contributed by atoms with E-state index in [1.165, 1.54) is 24.3 Å². The molecule has 0 heterocycles. The van der Waals surface area contributed by atoms with Gasteiger partial charge in [0.1, 0.15) is 0 Å². The third-order valence-corrected chi connectivity index (χ3v) is 4.68. The second-order valence-electron chi connectivity index (χ2n) is 5.87. The zero-order valence-corrected chi connectivity index (χ0v) is 14.1. The Morgan fingerprint density at radius 2 is 2.04 bits per heavy atom. The van der Waals surface area contributed by atoms with Crippen LogP contribution in [0, 0.1) is 0 Å². The molecule has 3 rings (SSSR count). The summed E-state index contributed by atoms with van der Waals surface area (Å²) in [7, 11) is 1.31. The number of carbonyl (C=O) groups is 2. The van der Waals surface area contributed by atoms with Gasteiger partial charge in [-0.25, -0.2) is 4.79 Å². The number of fused-ring (bicyclic) bond motifs is 1. The van der Waals surface area contributed by atoms with Crippen LogP contribution in [0.25, 0.3) is 0 Å². The summed E-state index contributed by atoms with van der Waals surface area (Å²) in [6, 6.07) is 12.9. The predicted molar refractivity (Wildman–Crippen MR) is 93.5 cm³/mol. The van der Waals surface area contributed by atoms with Gasteiger partial charge < -0.3 is 10.1 Å². The van der Waals surface area contributed by atoms with E-state index in [-0.39, 0.29) is 11.8 Å². The lowest BCUT2D eigenvalue weighted by Gasteiger charge is -2.13. The Bertz CT molecular complexity index is 788. The number of aryl methyl sites for hydroxylation is 1. The zero-order chi connectivity index (χ0) is 17.1. The third kappa shape index (κ3) is 3.44. The summed E-state index contributed by atoms with van der Waals surface area (Å²) in [5.74, 6) is -0.351. The van der Waals surface area contributed by atoms with Crippen molar-refractivity contribution in [1.29, 1.82) is 0 Å². The fourth-order valence-electron chi connectivity index (χ4n) is 3.15. The number of amides is 1. The van der Waals surface area contributed by atoms with E-state index in [9.17, 15) is 9.59 Å². The molecule has 0 radical (unpaired) electrons. The highest BCUT2D eigenvalue weighted by Crippen LogP contribution is 2.35. The topological polar surface area (TPSA) is 55.4 Å². The molecule has 1 N–H and O–H groups in total. The first-order valence-electron chi connectivity index (χ1n) is 7.84. The molecule has 0 aromatic heterocycles. The summed E-state index contributed by atoms with van der Waals surface area (Å²) in [5, 5.41) is 3.20. The molecule has 1 unspecified atom stereocenters. The van der Waals surface area contributed by atoms with Crippen LogP contribution >= 0.6 is 11.6 Å². The van der Waals surface area contributed by atoms with E-state index in [0.717, 1.165) is 12.8 Å². The quantitative estimate of drug-likeness (QED) is 0.847. The molecule has 24 heavy (non-hydrogen) atoms. The van der Waals surface area contributed by atoms with Crippen LogP contribution in [0.15, 0.2) is 42.5 Å². The lowest BCUT2D eigenvalue weighted by Crippen LogP contribution is -2.15. The fraction of sp³-hybridized carbons (Fsp3) is 0.263. The number of carbonyl (C=O) groups excluding carboxylic acids is 2. The summed E-state index contributed by atoms with van der Waals surface area (Å²) < 4.78 is 4.69. The van der Waals surface area contributed by atoms with Crippen molar-refractivity contribution < 1.29 is 14.3 Å². The smallest absolute Gasteiger partial charge is 0.337 e. The molecule has 0 aliphatic heterocycles. The van der Waals surface area contributed by atoms with E-state index in [1.807, 2.05) is 12.1 Å². The number of hydrogen-bond acceptors (Lipinski definition) is 3. The Morgan fingerprint density at radius 1 is 1.25 bits per heavy atom. The van der Waals surface area contributed by atoms with Crippen LogP contribution in [0.2, 0.25) is 5.02 Å². The first kappa shape index (κ1) is 16.5. The van der Waals surface area contributed by atoms with Crippen LogP contribution in [-0.2, 0) is 16.0 Å². The second kappa shape index (κ2) is 7.05. The van der Waals surface area contributed by atoms with Crippen LogP contribution < -0.4 is 5.32 Å². The summed E-state index contributed by atoms with van der Waals surface area (Å²) in [6.07, 6.45) is 2.38. The van der Waals surface area contributed by atoms with Crippen molar-refractivity contribution in [2.45, 2.75) is 25.2 Å². The highest BCUT2D eigenvalue weighted by Gasteiger charge is 2.24. The van der Waals surface area contributed by atoms with E-state index >= 15 is 0 Å². The second-order valence-corrected chi connectivity index (χ2v) is 6.28. The normalized spacial score (nSPS) is 15.7. The van der Waals surface area contributed by atoms with E-state index in [4.69, 9.17) is 11.6 Å². The SMILES string of the molecule is COC(=O)c1ccc(Cl)c(NC(=O)CC2CCc3ccccc32)c1. The number of halogens is 1. The van der Waals surface area contributed by atoms with Gasteiger partial charge in [-0.2, -0.15) is 0 Å². The number of esters is 1. The van der Waals surface area contributed by atoms with Crippen molar-refractivity contribution in [1.82, 2.24) is 0 Å². The Balaban J connectivity index is 1.71. The molecular weight excluding hydrogens is 326 g/mol. The standard InChI is InChI=1S/C19H18ClNO3/c1-24-19(23)14-8-9-16(20)17(10-14)21-18(22)11-13-7-6-12-4-2-3-5-15(12)13/h2-5,8-10,13H,6-7,11H2,1H3,(H,21,22). The van der Waals surface area contributed by atoms with Crippen molar-refractivity contribution in [3.05, 3.63) is 64.2 Å². The fourth-order valence-corrected chi connectivity index (χ4v) is 3.31. The van der Waals surface area contributed by atoms with Crippen LogP contribution in [0.4, 0.5) is 5.69 Å². The van der Waals surface area contributed by atoms with Gasteiger partial charge in [-0.1, -0.05) is 35.9 Å². The van der Waals surface area contributed by atoms with Gasteiger partial charge in [0.25, 0.3) is 0 Å². The van der Waals surface area contributed by atoms with Gasteiger partial charge in [0.2, 0.25) is 5.91 Å². The van der Waals surface area contributed by atoms with E-state index in [2.05, 4.69) is 22.2 Å². The average Bonchev–Trinajstić information content (AvgIpc) is 2.99. The number of benzene rings is 2. The van der Waals surface area contributed by atoms with Gasteiger partial charge in [-0.15, -0.1) is 0 Å². The number of anilines is 1. The van der Waals surface area contributed by atoms with Gasteiger partial charge in [-0.3, -0.25) is 4.79 Å². The van der Waals surface area contributed by atoms with Gasteiger partial charge in [0.15, 0.2) is 0 Å². The van der Waals surface area contributed by atoms with E-state index in [1.54, 1.807) is 12.1 Å². The molecule has 2 aromatic rings. The Hall–Kier alpha value is -2.33. The molecule has 0 saturated heterocycles. The molecule has 4 nitrogen and oxygen atoms in total. The van der Waals surface area contributed by atoms with Gasteiger partial charge in [0.05, 0.1) is 23.4 Å². The third-order valence-electron chi connectivity index (χ3n) is 4.35. The molecule has 2 aromatic carbocycles. The maximum absolute atomic E-state index is 12.4. The maximum atomic E-state index is 12.4. The number of nitrogens with one attached hydrogen (secondary N) is 1. The first-order valence-corrected chi connectivity index (χ1v) is 8.22. The lowest BCUT2D eigenvalue weighted by atomic mass is 9.97. The number of ether oxygens (including phenoxy) is 1. The minimum absolute atomic E-state index is 0.111. The van der Waals surface area contributed by atoms with Crippen LogP contribution in [0.3, 0.4) is 0 Å². The van der Waals surface area contributed by atoms with Crippen LogP contribution in [0.1, 0.15) is 40.2 Å². The Labute approximate surface area is 145 Å². The highest BCUT2D eigenvalue weighted by atomic mass is 35.5. The van der Waals surface area contributed by atoms with Crippen molar-refractivity contribution in [2.24, 2.45) is 0 Å². The Kier molecular flexibility index (Phi) is 4.86. The molecule has 5 heteroatoms. The Morgan fingerprint density at radius 3 is 2.83 bits per heavy atom. The van der Waals surface area contributed by atoms with Crippen molar-refractivity contribution in [3.8, 4) is 0 Å². The molecule has 0 bridgehead atoms. The molecule has 1 atom stereocenters. The molecule has 0 spiro atoms. The molecule has 124 valence electrons. The maximum Gasteiger partial charge on any atom is 0.337 e. The predicted octanol–water partition coefficient (Wildman–Crippen LogP) is 4.19. The minimum Gasteiger partial charge on any atom is -0.465 e. The van der Waals surface area contributed by atoms with E-state index in [0.29, 0.717) is 22.7 Å². The summed E-state index contributed by atoms with van der Waals surface area (Å²) in [6.45, 7) is 0. The molecule has 0 saturated carbocycles. The minimum atomic E-state index is -0.466. The lowest BCUT2D eigenvalue weighted by molar-refractivity contribution is -0.116. The molecule has 1 aliphatic rings. The number of methoxy groups -OCH3 is 1. The molecule has 1 amide bonds. The van der Waals surface area contributed by atoms with Gasteiger partial charge in [0, 0.05) is 6.42 Å². The van der Waals surface area contributed by atoms with Gasteiger partial charge >= 0.3 is 5.97 Å². The first-order chi connectivity index (χ1) is 11.6.